The van der Waals surface area contributed by atoms with Crippen molar-refractivity contribution in [1.82, 2.24) is 9.80 Å². The van der Waals surface area contributed by atoms with Crippen molar-refractivity contribution >= 4 is 0 Å². The Hall–Kier alpha value is -1.18. The lowest BCUT2D eigenvalue weighted by Crippen LogP contribution is -2.32. The van der Waals surface area contributed by atoms with Gasteiger partial charge in [-0.2, -0.15) is 0 Å². The van der Waals surface area contributed by atoms with Crippen LogP contribution in [0.2, 0.25) is 0 Å². The van der Waals surface area contributed by atoms with Gasteiger partial charge in [-0.25, -0.2) is 0 Å². The Morgan fingerprint density at radius 2 is 1.93 bits per heavy atom. The van der Waals surface area contributed by atoms with Crippen LogP contribution in [0.3, 0.4) is 0 Å². The van der Waals surface area contributed by atoms with Crippen LogP contribution >= 0.6 is 0 Å². The van der Waals surface area contributed by atoms with Crippen LogP contribution in [0.1, 0.15) is 19.8 Å². The van der Waals surface area contributed by atoms with Crippen molar-refractivity contribution in [3.63, 3.8) is 0 Å². The molecule has 76 valence electrons. The minimum absolute atomic E-state index is 1.12. The molecule has 0 aromatic carbocycles. The van der Waals surface area contributed by atoms with Gasteiger partial charge in [-0.3, -0.25) is 0 Å². The second-order valence-electron chi connectivity index (χ2n) is 4.14. The van der Waals surface area contributed by atoms with E-state index in [9.17, 15) is 0 Å². The molecule has 0 saturated carbocycles. The minimum atomic E-state index is 1.12. The molecule has 0 atom stereocenters. The lowest BCUT2D eigenvalue weighted by Gasteiger charge is -2.31. The van der Waals surface area contributed by atoms with Gasteiger partial charge in [0.15, 0.2) is 0 Å². The van der Waals surface area contributed by atoms with Crippen LogP contribution in [0.4, 0.5) is 0 Å². The molecule has 1 heterocycles. The fraction of sp³-hybridized carbons (Fsp3) is 0.500. The molecule has 0 unspecified atom stereocenters. The number of hydrogen-bond donors (Lipinski definition) is 0. The van der Waals surface area contributed by atoms with Crippen LogP contribution in [0.5, 0.6) is 0 Å². The summed E-state index contributed by atoms with van der Waals surface area (Å²) < 4.78 is 0. The van der Waals surface area contributed by atoms with Gasteiger partial charge in [0.2, 0.25) is 0 Å². The third-order valence-electron chi connectivity index (χ3n) is 2.90. The van der Waals surface area contributed by atoms with Crippen LogP contribution in [-0.2, 0) is 0 Å². The summed E-state index contributed by atoms with van der Waals surface area (Å²) in [4.78, 5) is 4.59. The van der Waals surface area contributed by atoms with Gasteiger partial charge >= 0.3 is 0 Å². The Morgan fingerprint density at radius 1 is 1.07 bits per heavy atom. The Bertz CT molecular complexity index is 299. The Balaban J connectivity index is 2.06. The topological polar surface area (TPSA) is 6.48 Å². The van der Waals surface area contributed by atoms with E-state index >= 15 is 0 Å². The number of likely N-dealkylation sites (N-methyl/N-ethyl adjacent to an activating group) is 1. The number of hydrogen-bond acceptors (Lipinski definition) is 2. The molecule has 2 aliphatic rings. The van der Waals surface area contributed by atoms with Crippen molar-refractivity contribution in [2.45, 2.75) is 19.8 Å². The zero-order chi connectivity index (χ0) is 9.97. The van der Waals surface area contributed by atoms with Gasteiger partial charge in [-0.1, -0.05) is 11.6 Å². The van der Waals surface area contributed by atoms with E-state index in [1.807, 2.05) is 0 Å². The molecular weight excluding hydrogens is 172 g/mol. The molecule has 0 N–H and O–H groups in total. The molecule has 2 rings (SSSR count). The summed E-state index contributed by atoms with van der Waals surface area (Å²) in [5.41, 5.74) is 2.95. The average Bonchev–Trinajstić information content (AvgIpc) is 2.21. The maximum absolute atomic E-state index is 2.36. The van der Waals surface area contributed by atoms with Gasteiger partial charge in [0, 0.05) is 38.2 Å². The second kappa shape index (κ2) is 3.91. The van der Waals surface area contributed by atoms with E-state index in [0.717, 1.165) is 13.1 Å². The summed E-state index contributed by atoms with van der Waals surface area (Å²) in [7, 11) is 2.12. The van der Waals surface area contributed by atoms with Gasteiger partial charge < -0.3 is 9.80 Å². The van der Waals surface area contributed by atoms with Gasteiger partial charge in [0.05, 0.1) is 0 Å². The molecule has 0 bridgehead atoms. The highest BCUT2D eigenvalue weighted by Gasteiger charge is 2.12. The largest absolute Gasteiger partial charge is 0.377 e. The maximum Gasteiger partial charge on any atom is 0.0398 e. The highest BCUT2D eigenvalue weighted by atomic mass is 15.2. The zero-order valence-corrected chi connectivity index (χ0v) is 9.03. The lowest BCUT2D eigenvalue weighted by atomic mass is 10.0. The first-order valence-corrected chi connectivity index (χ1v) is 5.27. The first kappa shape index (κ1) is 9.38. The average molecular weight is 190 g/mol. The van der Waals surface area contributed by atoms with E-state index in [-0.39, 0.29) is 0 Å². The van der Waals surface area contributed by atoms with E-state index in [4.69, 9.17) is 0 Å². The summed E-state index contributed by atoms with van der Waals surface area (Å²) >= 11 is 0. The predicted molar refractivity (Wildman–Crippen MR) is 59.6 cm³/mol. The standard InChI is InChI=1S/C12H18N2/c1-11-3-5-12(6-4-11)14-9-7-13(2)8-10-14/h3,5,7,9H,4,6,8,10H2,1-2H3. The summed E-state index contributed by atoms with van der Waals surface area (Å²) in [6.07, 6.45) is 11.2. The highest BCUT2D eigenvalue weighted by molar-refractivity contribution is 5.23. The highest BCUT2D eigenvalue weighted by Crippen LogP contribution is 2.22. The Kier molecular flexibility index (Phi) is 2.62. The lowest BCUT2D eigenvalue weighted by molar-refractivity contribution is 0.323. The molecule has 2 nitrogen and oxygen atoms in total. The first-order chi connectivity index (χ1) is 6.75. The molecular formula is C12H18N2. The van der Waals surface area contributed by atoms with Crippen LogP contribution < -0.4 is 0 Å². The number of rotatable bonds is 1. The van der Waals surface area contributed by atoms with Crippen molar-refractivity contribution < 1.29 is 0 Å². The van der Waals surface area contributed by atoms with Crippen LogP contribution in [0, 0.1) is 0 Å². The SMILES string of the molecule is CC1=CC=C(N2C=CN(C)CC2)CC1. The van der Waals surface area contributed by atoms with Gasteiger partial charge in [-0.05, 0) is 25.8 Å². The van der Waals surface area contributed by atoms with Crippen molar-refractivity contribution in [2.24, 2.45) is 0 Å². The molecule has 0 radical (unpaired) electrons. The minimum Gasteiger partial charge on any atom is -0.377 e. The van der Waals surface area contributed by atoms with Crippen molar-refractivity contribution in [1.29, 1.82) is 0 Å². The molecule has 0 fully saturated rings. The van der Waals surface area contributed by atoms with Crippen molar-refractivity contribution in [2.75, 3.05) is 20.1 Å². The van der Waals surface area contributed by atoms with Crippen molar-refractivity contribution in [3.05, 3.63) is 35.8 Å². The summed E-state index contributed by atoms with van der Waals surface area (Å²) in [6.45, 7) is 4.44. The van der Waals surface area contributed by atoms with E-state index < -0.39 is 0 Å². The number of nitrogens with zero attached hydrogens (tertiary/aromatic N) is 2. The summed E-state index contributed by atoms with van der Waals surface area (Å²) in [6, 6.07) is 0. The van der Waals surface area contributed by atoms with Gasteiger partial charge in [0.25, 0.3) is 0 Å². The molecule has 2 heteroatoms. The predicted octanol–water partition coefficient (Wildman–Crippen LogP) is 2.33. The van der Waals surface area contributed by atoms with E-state index in [1.165, 1.54) is 24.1 Å². The molecule has 0 amide bonds. The fourth-order valence-electron chi connectivity index (χ4n) is 1.82. The second-order valence-corrected chi connectivity index (χ2v) is 4.14. The molecule has 0 spiro atoms. The van der Waals surface area contributed by atoms with E-state index in [2.05, 4.69) is 48.3 Å². The van der Waals surface area contributed by atoms with Crippen molar-refractivity contribution in [3.8, 4) is 0 Å². The first-order valence-electron chi connectivity index (χ1n) is 5.27. The van der Waals surface area contributed by atoms with E-state index in [1.54, 1.807) is 0 Å². The van der Waals surface area contributed by atoms with Gasteiger partial charge in [-0.15, -0.1) is 0 Å². The van der Waals surface area contributed by atoms with Gasteiger partial charge in [0.1, 0.15) is 0 Å². The third-order valence-corrected chi connectivity index (χ3v) is 2.90. The molecule has 0 saturated heterocycles. The molecule has 14 heavy (non-hydrogen) atoms. The molecule has 1 aliphatic carbocycles. The molecule has 0 aromatic rings. The monoisotopic (exact) mass is 190 g/mol. The summed E-state index contributed by atoms with van der Waals surface area (Å²) in [5.74, 6) is 0. The quantitative estimate of drug-likeness (QED) is 0.626. The van der Waals surface area contributed by atoms with Crippen LogP contribution in [0.15, 0.2) is 35.8 Å². The smallest absolute Gasteiger partial charge is 0.0398 e. The Labute approximate surface area is 86.2 Å². The fourth-order valence-corrected chi connectivity index (χ4v) is 1.82. The van der Waals surface area contributed by atoms with Crippen LogP contribution in [0.25, 0.3) is 0 Å². The summed E-state index contributed by atoms with van der Waals surface area (Å²) in [5, 5.41) is 0. The third kappa shape index (κ3) is 2.00. The number of allylic oxidation sites excluding steroid dienone is 4. The molecule has 1 aliphatic heterocycles. The zero-order valence-electron chi connectivity index (χ0n) is 9.03. The normalized spacial score (nSPS) is 22.1. The van der Waals surface area contributed by atoms with Crippen LogP contribution in [-0.4, -0.2) is 29.9 Å². The molecule has 0 aromatic heterocycles. The van der Waals surface area contributed by atoms with E-state index in [0.29, 0.717) is 0 Å². The Morgan fingerprint density at radius 3 is 2.50 bits per heavy atom. The maximum atomic E-state index is 2.36.